The van der Waals surface area contributed by atoms with Crippen molar-refractivity contribution in [3.63, 3.8) is 0 Å². The molecule has 0 aromatic heterocycles. The average Bonchev–Trinajstić information content (AvgIpc) is 3.34. The molecular weight excluding hydrogens is 456 g/mol. The summed E-state index contributed by atoms with van der Waals surface area (Å²) in [6.07, 6.45) is 7.60. The quantitative estimate of drug-likeness (QED) is 0.471. The lowest BCUT2D eigenvalue weighted by Gasteiger charge is -2.13. The maximum absolute atomic E-state index is 12.5. The molecule has 1 aliphatic carbocycles. The van der Waals surface area contributed by atoms with E-state index in [4.69, 9.17) is 14.2 Å². The van der Waals surface area contributed by atoms with E-state index in [0.717, 1.165) is 36.8 Å². The van der Waals surface area contributed by atoms with Crippen LogP contribution in [0.15, 0.2) is 47.4 Å². The van der Waals surface area contributed by atoms with E-state index in [9.17, 15) is 13.2 Å². The standard InChI is InChI=1S/C25H32N2O6S/c1-31-22-16-19(17-23(32-2)25(22)33-3)10-13-24(28)26-15-14-18-8-11-21(12-9-18)34(29,30)27-20-6-4-5-7-20/h8-13,16-17,20,27H,4-7,14-15H2,1-3H3,(H,26,28)/b13-10+. The van der Waals surface area contributed by atoms with Crippen LogP contribution in [-0.4, -0.2) is 48.2 Å². The summed E-state index contributed by atoms with van der Waals surface area (Å²) >= 11 is 0. The van der Waals surface area contributed by atoms with Gasteiger partial charge in [0.05, 0.1) is 26.2 Å². The second-order valence-corrected chi connectivity index (χ2v) is 9.79. The summed E-state index contributed by atoms with van der Waals surface area (Å²) in [5.74, 6) is 1.25. The molecule has 9 heteroatoms. The fourth-order valence-electron chi connectivity index (χ4n) is 3.92. The number of carbonyl (C=O) groups excluding carboxylic acids is 1. The zero-order chi connectivity index (χ0) is 24.6. The van der Waals surface area contributed by atoms with Gasteiger partial charge in [-0.2, -0.15) is 0 Å². The van der Waals surface area contributed by atoms with E-state index in [1.807, 2.05) is 0 Å². The van der Waals surface area contributed by atoms with Gasteiger partial charge >= 0.3 is 0 Å². The molecule has 1 saturated carbocycles. The second kappa shape index (κ2) is 11.9. The van der Waals surface area contributed by atoms with Gasteiger partial charge in [0.1, 0.15) is 0 Å². The number of sulfonamides is 1. The summed E-state index contributed by atoms with van der Waals surface area (Å²) in [6.45, 7) is 0.421. The Balaban J connectivity index is 1.51. The maximum Gasteiger partial charge on any atom is 0.244 e. The van der Waals surface area contributed by atoms with Gasteiger partial charge in [-0.25, -0.2) is 13.1 Å². The number of methoxy groups -OCH3 is 3. The summed E-state index contributed by atoms with van der Waals surface area (Å²) in [5, 5.41) is 2.83. The Bertz CT molecular complexity index is 1080. The van der Waals surface area contributed by atoms with Crippen LogP contribution in [0.5, 0.6) is 17.2 Å². The Kier molecular flexibility index (Phi) is 8.95. The van der Waals surface area contributed by atoms with E-state index >= 15 is 0 Å². The third-order valence-corrected chi connectivity index (χ3v) is 7.27. The first kappa shape index (κ1) is 25.6. The number of ether oxygens (including phenoxy) is 3. The Morgan fingerprint density at radius 3 is 2.18 bits per heavy atom. The highest BCUT2D eigenvalue weighted by Crippen LogP contribution is 2.38. The summed E-state index contributed by atoms with van der Waals surface area (Å²) in [4.78, 5) is 12.5. The summed E-state index contributed by atoms with van der Waals surface area (Å²) in [7, 11) is 1.10. The molecule has 1 aliphatic rings. The summed E-state index contributed by atoms with van der Waals surface area (Å²) < 4.78 is 43.7. The van der Waals surface area contributed by atoms with Gasteiger partial charge in [-0.15, -0.1) is 0 Å². The van der Waals surface area contributed by atoms with Crippen molar-refractivity contribution in [1.82, 2.24) is 10.0 Å². The Labute approximate surface area is 201 Å². The van der Waals surface area contributed by atoms with Crippen LogP contribution in [0.4, 0.5) is 0 Å². The molecule has 0 spiro atoms. The van der Waals surface area contributed by atoms with Gasteiger partial charge < -0.3 is 19.5 Å². The summed E-state index contributed by atoms with van der Waals surface area (Å²) in [5.41, 5.74) is 1.67. The largest absolute Gasteiger partial charge is 0.493 e. The van der Waals surface area contributed by atoms with Gasteiger partial charge in [0.2, 0.25) is 21.7 Å². The van der Waals surface area contributed by atoms with Gasteiger partial charge in [-0.1, -0.05) is 25.0 Å². The molecule has 2 aromatic carbocycles. The average molecular weight is 489 g/mol. The van der Waals surface area contributed by atoms with Crippen molar-refractivity contribution in [3.05, 3.63) is 53.6 Å². The van der Waals surface area contributed by atoms with E-state index in [1.54, 1.807) is 42.5 Å². The molecule has 34 heavy (non-hydrogen) atoms. The molecule has 0 unspecified atom stereocenters. The number of benzene rings is 2. The molecule has 184 valence electrons. The molecule has 3 rings (SSSR count). The summed E-state index contributed by atoms with van der Waals surface area (Å²) in [6, 6.07) is 10.3. The second-order valence-electron chi connectivity index (χ2n) is 8.08. The van der Waals surface area contributed by atoms with Crippen LogP contribution in [-0.2, 0) is 21.2 Å². The number of carbonyl (C=O) groups is 1. The Morgan fingerprint density at radius 2 is 1.62 bits per heavy atom. The molecule has 0 radical (unpaired) electrons. The van der Waals surface area contributed by atoms with Crippen molar-refractivity contribution in [1.29, 1.82) is 0 Å². The normalized spacial score (nSPS) is 14.3. The molecule has 0 heterocycles. The molecule has 0 saturated heterocycles. The SMILES string of the molecule is COc1cc(/C=C/C(=O)NCCc2ccc(S(=O)(=O)NC3CCCC3)cc2)cc(OC)c1OC. The van der Waals surface area contributed by atoms with Gasteiger partial charge in [-0.05, 0) is 60.7 Å². The third kappa shape index (κ3) is 6.74. The van der Waals surface area contributed by atoms with E-state index in [-0.39, 0.29) is 16.8 Å². The molecule has 0 atom stereocenters. The molecule has 1 fully saturated rings. The minimum atomic E-state index is -3.50. The number of hydrogen-bond donors (Lipinski definition) is 2. The van der Waals surface area contributed by atoms with Crippen molar-refractivity contribution in [2.45, 2.75) is 43.0 Å². The first-order valence-corrected chi connectivity index (χ1v) is 12.7. The first-order valence-electron chi connectivity index (χ1n) is 11.2. The molecule has 1 amide bonds. The molecule has 0 bridgehead atoms. The van der Waals surface area contributed by atoms with E-state index < -0.39 is 10.0 Å². The predicted molar refractivity (Wildman–Crippen MR) is 131 cm³/mol. The van der Waals surface area contributed by atoms with Crippen molar-refractivity contribution in [3.8, 4) is 17.2 Å². The van der Waals surface area contributed by atoms with Crippen molar-refractivity contribution in [2.24, 2.45) is 0 Å². The number of rotatable bonds is 11. The van der Waals surface area contributed by atoms with Crippen LogP contribution in [0.3, 0.4) is 0 Å². The lowest BCUT2D eigenvalue weighted by molar-refractivity contribution is -0.116. The van der Waals surface area contributed by atoms with Crippen LogP contribution < -0.4 is 24.2 Å². The maximum atomic E-state index is 12.5. The minimum Gasteiger partial charge on any atom is -0.493 e. The molecule has 0 aliphatic heterocycles. The van der Waals surface area contributed by atoms with Crippen molar-refractivity contribution in [2.75, 3.05) is 27.9 Å². The van der Waals surface area contributed by atoms with Crippen molar-refractivity contribution >= 4 is 22.0 Å². The zero-order valence-electron chi connectivity index (χ0n) is 19.8. The van der Waals surface area contributed by atoms with Crippen LogP contribution in [0.1, 0.15) is 36.8 Å². The fourth-order valence-corrected chi connectivity index (χ4v) is 5.23. The zero-order valence-corrected chi connectivity index (χ0v) is 20.6. The number of hydrogen-bond acceptors (Lipinski definition) is 6. The fraction of sp³-hybridized carbons (Fsp3) is 0.400. The van der Waals surface area contributed by atoms with E-state index in [0.29, 0.717) is 30.2 Å². The highest BCUT2D eigenvalue weighted by Gasteiger charge is 2.22. The predicted octanol–water partition coefficient (Wildman–Crippen LogP) is 3.31. The molecule has 8 nitrogen and oxygen atoms in total. The van der Waals surface area contributed by atoms with E-state index in [2.05, 4.69) is 10.0 Å². The highest BCUT2D eigenvalue weighted by atomic mass is 32.2. The van der Waals surface area contributed by atoms with E-state index in [1.165, 1.54) is 27.4 Å². The van der Waals surface area contributed by atoms with Crippen molar-refractivity contribution < 1.29 is 27.4 Å². The minimum absolute atomic E-state index is 0.0352. The monoisotopic (exact) mass is 488 g/mol. The van der Waals surface area contributed by atoms with Gasteiger partial charge in [-0.3, -0.25) is 4.79 Å². The van der Waals surface area contributed by atoms with Crippen LogP contribution in [0, 0.1) is 0 Å². The van der Waals surface area contributed by atoms with Gasteiger partial charge in [0, 0.05) is 18.7 Å². The smallest absolute Gasteiger partial charge is 0.244 e. The first-order chi connectivity index (χ1) is 16.4. The van der Waals surface area contributed by atoms with Crippen LogP contribution >= 0.6 is 0 Å². The molecule has 2 aromatic rings. The third-order valence-electron chi connectivity index (χ3n) is 5.74. The van der Waals surface area contributed by atoms with Crippen LogP contribution in [0.2, 0.25) is 0 Å². The van der Waals surface area contributed by atoms with Crippen LogP contribution in [0.25, 0.3) is 6.08 Å². The Hall–Kier alpha value is -3.04. The lowest BCUT2D eigenvalue weighted by Crippen LogP contribution is -2.32. The highest BCUT2D eigenvalue weighted by molar-refractivity contribution is 7.89. The van der Waals surface area contributed by atoms with Gasteiger partial charge in [0.25, 0.3) is 0 Å². The Morgan fingerprint density at radius 1 is 1.00 bits per heavy atom. The molecule has 2 N–H and O–H groups in total. The molecular formula is C25H32N2O6S. The topological polar surface area (TPSA) is 103 Å². The number of amides is 1. The lowest BCUT2D eigenvalue weighted by atomic mass is 10.1. The van der Waals surface area contributed by atoms with Gasteiger partial charge in [0.15, 0.2) is 11.5 Å². The number of nitrogens with one attached hydrogen (secondary N) is 2.